The van der Waals surface area contributed by atoms with Crippen LogP contribution in [0.1, 0.15) is 21.8 Å². The first-order valence-electron chi connectivity index (χ1n) is 8.91. The number of rotatable bonds is 5. The average Bonchev–Trinajstić information content (AvgIpc) is 3.12. The summed E-state index contributed by atoms with van der Waals surface area (Å²) >= 11 is 0. The maximum absolute atomic E-state index is 13.0. The van der Waals surface area contributed by atoms with E-state index in [-0.39, 0.29) is 35.0 Å². The molecule has 0 spiro atoms. The summed E-state index contributed by atoms with van der Waals surface area (Å²) < 4.78 is 25.8. The number of sulfonamides is 1. The van der Waals surface area contributed by atoms with Crippen LogP contribution in [0.4, 0.5) is 0 Å². The van der Waals surface area contributed by atoms with Crippen molar-refractivity contribution >= 4 is 28.3 Å². The summed E-state index contributed by atoms with van der Waals surface area (Å²) in [6.45, 7) is 1.65. The number of nitrogens with zero attached hydrogens (tertiary/aromatic N) is 2. The molecular formula is C20H26ClN3O3S. The Morgan fingerprint density at radius 3 is 2.39 bits per heavy atom. The lowest BCUT2D eigenvalue weighted by molar-refractivity contribution is 0.0786. The van der Waals surface area contributed by atoms with E-state index in [1.54, 1.807) is 17.0 Å². The fourth-order valence-corrected chi connectivity index (χ4v) is 4.48. The van der Waals surface area contributed by atoms with Crippen molar-refractivity contribution in [2.24, 2.45) is 11.7 Å². The molecule has 2 aromatic rings. The number of carbonyl (C=O) groups is 1. The number of halogens is 1. The molecule has 0 aromatic heterocycles. The van der Waals surface area contributed by atoms with Crippen molar-refractivity contribution in [1.82, 2.24) is 9.21 Å². The molecule has 3 rings (SSSR count). The lowest BCUT2D eigenvalue weighted by Gasteiger charge is -2.18. The summed E-state index contributed by atoms with van der Waals surface area (Å²) in [5.41, 5.74) is 7.50. The number of amides is 1. The normalized spacial score (nSPS) is 19.5. The highest BCUT2D eigenvalue weighted by Gasteiger charge is 2.35. The molecule has 0 saturated carbocycles. The van der Waals surface area contributed by atoms with Gasteiger partial charge in [-0.05, 0) is 36.2 Å². The largest absolute Gasteiger partial charge is 0.338 e. The summed E-state index contributed by atoms with van der Waals surface area (Å²) in [4.78, 5) is 14.9. The molecule has 1 aliphatic heterocycles. The van der Waals surface area contributed by atoms with Gasteiger partial charge in [0.25, 0.3) is 5.91 Å². The SMILES string of the molecule is CN(C)S(=O)(=O)c1cccc(C(=O)N2C[C@@H](CN)[C@H](c3ccccc3)C2)c1.Cl. The fraction of sp³-hybridized carbons (Fsp3) is 0.350. The van der Waals surface area contributed by atoms with Gasteiger partial charge in [0.2, 0.25) is 10.0 Å². The minimum absolute atomic E-state index is 0. The number of benzene rings is 2. The second kappa shape index (κ2) is 9.05. The molecule has 1 aliphatic rings. The molecule has 0 aliphatic carbocycles. The molecule has 0 unspecified atom stereocenters. The van der Waals surface area contributed by atoms with Crippen molar-refractivity contribution in [2.45, 2.75) is 10.8 Å². The Labute approximate surface area is 172 Å². The summed E-state index contributed by atoms with van der Waals surface area (Å²) in [5, 5.41) is 0. The third-order valence-corrected chi connectivity index (χ3v) is 6.93. The molecule has 0 bridgehead atoms. The Balaban J connectivity index is 0.00000280. The van der Waals surface area contributed by atoms with E-state index in [4.69, 9.17) is 5.73 Å². The molecule has 6 nitrogen and oxygen atoms in total. The lowest BCUT2D eigenvalue weighted by atomic mass is 9.89. The Morgan fingerprint density at radius 2 is 1.79 bits per heavy atom. The Morgan fingerprint density at radius 1 is 1.11 bits per heavy atom. The van der Waals surface area contributed by atoms with Crippen molar-refractivity contribution in [1.29, 1.82) is 0 Å². The van der Waals surface area contributed by atoms with Crippen LogP contribution in [-0.4, -0.2) is 57.3 Å². The van der Waals surface area contributed by atoms with Gasteiger partial charge in [-0.25, -0.2) is 12.7 Å². The first-order valence-corrected chi connectivity index (χ1v) is 10.4. The second-order valence-corrected chi connectivity index (χ2v) is 9.19. The lowest BCUT2D eigenvalue weighted by Crippen LogP contribution is -2.30. The fourth-order valence-electron chi connectivity index (χ4n) is 3.54. The zero-order valence-electron chi connectivity index (χ0n) is 16.0. The standard InChI is InChI=1S/C20H25N3O3S.ClH/c1-22(2)27(25,26)18-10-6-9-16(11-18)20(24)23-13-17(12-21)19(14-23)15-7-4-3-5-8-15;/h3-11,17,19H,12-14,21H2,1-2H3;1H/t17-,19+;/m1./s1. The number of likely N-dealkylation sites (tertiary alicyclic amines) is 1. The molecule has 2 atom stereocenters. The van der Waals surface area contributed by atoms with Crippen LogP contribution in [0.25, 0.3) is 0 Å². The molecule has 2 aromatic carbocycles. The highest BCUT2D eigenvalue weighted by atomic mass is 35.5. The van der Waals surface area contributed by atoms with Gasteiger partial charge in [0, 0.05) is 38.7 Å². The molecule has 2 N–H and O–H groups in total. The number of nitrogens with two attached hydrogens (primary N) is 1. The Hall–Kier alpha value is -1.93. The van der Waals surface area contributed by atoms with E-state index < -0.39 is 10.0 Å². The third kappa shape index (κ3) is 4.38. The molecule has 28 heavy (non-hydrogen) atoms. The molecule has 8 heteroatoms. The van der Waals surface area contributed by atoms with Crippen molar-refractivity contribution < 1.29 is 13.2 Å². The maximum Gasteiger partial charge on any atom is 0.253 e. The van der Waals surface area contributed by atoms with E-state index in [1.807, 2.05) is 18.2 Å². The number of carbonyl (C=O) groups excluding carboxylic acids is 1. The molecular weight excluding hydrogens is 398 g/mol. The summed E-state index contributed by atoms with van der Waals surface area (Å²) in [6, 6.07) is 16.3. The predicted octanol–water partition coefficient (Wildman–Crippen LogP) is 2.17. The van der Waals surface area contributed by atoms with E-state index >= 15 is 0 Å². The molecule has 1 saturated heterocycles. The van der Waals surface area contributed by atoms with Gasteiger partial charge in [0.15, 0.2) is 0 Å². The molecule has 1 heterocycles. The van der Waals surface area contributed by atoms with E-state index in [0.29, 0.717) is 25.2 Å². The van der Waals surface area contributed by atoms with Crippen LogP contribution >= 0.6 is 12.4 Å². The molecule has 1 amide bonds. The highest BCUT2D eigenvalue weighted by molar-refractivity contribution is 7.89. The van der Waals surface area contributed by atoms with Gasteiger partial charge in [0.05, 0.1) is 4.90 Å². The third-order valence-electron chi connectivity index (χ3n) is 5.12. The van der Waals surface area contributed by atoms with Crippen LogP contribution in [0.15, 0.2) is 59.5 Å². The monoisotopic (exact) mass is 423 g/mol. The summed E-state index contributed by atoms with van der Waals surface area (Å²) in [7, 11) is -0.637. The zero-order chi connectivity index (χ0) is 19.6. The topological polar surface area (TPSA) is 83.7 Å². The number of hydrogen-bond acceptors (Lipinski definition) is 4. The molecule has 1 fully saturated rings. The van der Waals surface area contributed by atoms with Crippen molar-refractivity contribution in [3.8, 4) is 0 Å². The van der Waals surface area contributed by atoms with E-state index in [1.165, 1.54) is 31.8 Å². The minimum atomic E-state index is -3.58. The second-order valence-electron chi connectivity index (χ2n) is 7.04. The highest BCUT2D eigenvalue weighted by Crippen LogP contribution is 2.33. The summed E-state index contributed by atoms with van der Waals surface area (Å²) in [6.07, 6.45) is 0. The van der Waals surface area contributed by atoms with Crippen LogP contribution in [0.3, 0.4) is 0 Å². The Bertz CT molecular complexity index is 919. The smallest absolute Gasteiger partial charge is 0.253 e. The molecule has 152 valence electrons. The first kappa shape index (κ1) is 22.4. The predicted molar refractivity (Wildman–Crippen MR) is 112 cm³/mol. The van der Waals surface area contributed by atoms with Gasteiger partial charge in [-0.3, -0.25) is 4.79 Å². The van der Waals surface area contributed by atoms with Gasteiger partial charge in [-0.15, -0.1) is 12.4 Å². The van der Waals surface area contributed by atoms with E-state index in [0.717, 1.165) is 4.31 Å². The number of hydrogen-bond donors (Lipinski definition) is 1. The van der Waals surface area contributed by atoms with E-state index in [9.17, 15) is 13.2 Å². The molecule has 0 radical (unpaired) electrons. The Kier molecular flexibility index (Phi) is 7.22. The van der Waals surface area contributed by atoms with Gasteiger partial charge in [0.1, 0.15) is 0 Å². The van der Waals surface area contributed by atoms with Gasteiger partial charge in [-0.2, -0.15) is 0 Å². The zero-order valence-corrected chi connectivity index (χ0v) is 17.6. The van der Waals surface area contributed by atoms with E-state index in [2.05, 4.69) is 12.1 Å². The average molecular weight is 424 g/mol. The van der Waals surface area contributed by atoms with Gasteiger partial charge < -0.3 is 10.6 Å². The van der Waals surface area contributed by atoms with Crippen LogP contribution < -0.4 is 5.73 Å². The van der Waals surface area contributed by atoms with Crippen LogP contribution in [0.5, 0.6) is 0 Å². The maximum atomic E-state index is 13.0. The van der Waals surface area contributed by atoms with Crippen LogP contribution in [0.2, 0.25) is 0 Å². The van der Waals surface area contributed by atoms with Gasteiger partial charge in [-0.1, -0.05) is 36.4 Å². The van der Waals surface area contributed by atoms with Crippen molar-refractivity contribution in [2.75, 3.05) is 33.7 Å². The first-order chi connectivity index (χ1) is 12.8. The quantitative estimate of drug-likeness (QED) is 0.798. The van der Waals surface area contributed by atoms with Gasteiger partial charge >= 0.3 is 0 Å². The van der Waals surface area contributed by atoms with Crippen LogP contribution in [0, 0.1) is 5.92 Å². The van der Waals surface area contributed by atoms with Crippen molar-refractivity contribution in [3.05, 3.63) is 65.7 Å². The summed E-state index contributed by atoms with van der Waals surface area (Å²) in [5.74, 6) is 0.210. The van der Waals surface area contributed by atoms with Crippen LogP contribution in [-0.2, 0) is 10.0 Å². The minimum Gasteiger partial charge on any atom is -0.338 e. The van der Waals surface area contributed by atoms with Crippen molar-refractivity contribution in [3.63, 3.8) is 0 Å².